The van der Waals surface area contributed by atoms with Gasteiger partial charge in [0.2, 0.25) is 4.80 Å². The highest BCUT2D eigenvalue weighted by Crippen LogP contribution is 2.34. The maximum absolute atomic E-state index is 12.0. The van der Waals surface area contributed by atoms with Gasteiger partial charge in [-0.3, -0.25) is 9.79 Å². The summed E-state index contributed by atoms with van der Waals surface area (Å²) in [6, 6.07) is 13.2. The average molecular weight is 438 g/mol. The highest BCUT2D eigenvalue weighted by molar-refractivity contribution is 7.07. The molecule has 3 aromatic rings. The van der Waals surface area contributed by atoms with Crippen LogP contribution in [0.15, 0.2) is 57.9 Å². The van der Waals surface area contributed by atoms with E-state index in [1.54, 1.807) is 44.3 Å². The van der Waals surface area contributed by atoms with Gasteiger partial charge in [-0.15, -0.1) is 11.3 Å². The molecule has 0 radical (unpaired) electrons. The molecular formula is C23H23N3O4S. The van der Waals surface area contributed by atoms with Crippen molar-refractivity contribution in [3.63, 3.8) is 0 Å². The van der Waals surface area contributed by atoms with E-state index < -0.39 is 0 Å². The fourth-order valence-electron chi connectivity index (χ4n) is 3.01. The lowest BCUT2D eigenvalue weighted by molar-refractivity contribution is -0.135. The zero-order valence-corrected chi connectivity index (χ0v) is 18.4. The molecule has 160 valence electrons. The van der Waals surface area contributed by atoms with Gasteiger partial charge in [0.25, 0.3) is 0 Å². The molecule has 0 bridgehead atoms. The number of methoxy groups -OCH3 is 2. The van der Waals surface area contributed by atoms with Crippen molar-refractivity contribution in [1.82, 2.24) is 4.68 Å². The van der Waals surface area contributed by atoms with E-state index in [1.807, 2.05) is 35.7 Å². The van der Waals surface area contributed by atoms with Gasteiger partial charge in [-0.05, 0) is 60.9 Å². The molecule has 0 unspecified atom stereocenters. The Labute approximate surface area is 184 Å². The summed E-state index contributed by atoms with van der Waals surface area (Å²) in [7, 11) is 4.93. The van der Waals surface area contributed by atoms with E-state index in [9.17, 15) is 4.79 Å². The third-order valence-corrected chi connectivity index (χ3v) is 5.80. The summed E-state index contributed by atoms with van der Waals surface area (Å²) in [5.41, 5.74) is 2.74. The van der Waals surface area contributed by atoms with Gasteiger partial charge in [-0.2, -0.15) is 5.10 Å². The molecule has 31 heavy (non-hydrogen) atoms. The number of carbonyl (C=O) groups is 1. The van der Waals surface area contributed by atoms with Gasteiger partial charge < -0.3 is 14.2 Å². The number of nitrogens with zero attached hydrogens (tertiary/aromatic N) is 3. The van der Waals surface area contributed by atoms with Gasteiger partial charge in [0, 0.05) is 18.0 Å². The van der Waals surface area contributed by atoms with Crippen LogP contribution in [0.4, 0.5) is 0 Å². The lowest BCUT2D eigenvalue weighted by atomic mass is 10.2. The Morgan fingerprint density at radius 3 is 2.52 bits per heavy atom. The SMILES string of the molecule is CN=c1scc(-c2ccc(OC)cc2)n1N=Cc1ccc(OC(=O)C2CC2)c(OC)c1. The summed E-state index contributed by atoms with van der Waals surface area (Å²) in [6.07, 6.45) is 3.51. The van der Waals surface area contributed by atoms with Crippen molar-refractivity contribution < 1.29 is 19.0 Å². The Balaban J connectivity index is 1.62. The second kappa shape index (κ2) is 9.18. The Morgan fingerprint density at radius 1 is 1.10 bits per heavy atom. The minimum atomic E-state index is -0.202. The number of hydrogen-bond donors (Lipinski definition) is 0. The number of thiazole rings is 1. The minimum absolute atomic E-state index is 0.0218. The van der Waals surface area contributed by atoms with E-state index in [0.717, 1.165) is 40.2 Å². The van der Waals surface area contributed by atoms with Crippen LogP contribution in [0.5, 0.6) is 17.2 Å². The molecule has 8 heteroatoms. The third kappa shape index (κ3) is 4.69. The van der Waals surface area contributed by atoms with E-state index >= 15 is 0 Å². The number of esters is 1. The fraction of sp³-hybridized carbons (Fsp3) is 0.261. The smallest absolute Gasteiger partial charge is 0.314 e. The van der Waals surface area contributed by atoms with Gasteiger partial charge in [0.05, 0.1) is 32.0 Å². The van der Waals surface area contributed by atoms with Crippen molar-refractivity contribution in [1.29, 1.82) is 0 Å². The van der Waals surface area contributed by atoms with Crippen LogP contribution in [0.25, 0.3) is 11.3 Å². The molecule has 0 spiro atoms. The van der Waals surface area contributed by atoms with Crippen molar-refractivity contribution >= 4 is 23.5 Å². The second-order valence-corrected chi connectivity index (χ2v) is 7.85. The zero-order valence-electron chi connectivity index (χ0n) is 17.6. The molecule has 4 rings (SSSR count). The fourth-order valence-corrected chi connectivity index (χ4v) is 3.81. The molecule has 1 heterocycles. The zero-order chi connectivity index (χ0) is 21.8. The molecule has 0 saturated heterocycles. The second-order valence-electron chi connectivity index (χ2n) is 7.02. The molecule has 0 N–H and O–H groups in total. The lowest BCUT2D eigenvalue weighted by Crippen LogP contribution is -2.12. The standard InChI is InChI=1S/C23H23N3O4S/c1-24-23-26(19(14-31-23)16-7-9-18(28-2)10-8-16)25-13-15-4-11-20(21(12-15)29-3)30-22(27)17-5-6-17/h4,7-14,17H,5-6H2,1-3H3. The molecule has 0 atom stereocenters. The summed E-state index contributed by atoms with van der Waals surface area (Å²) >= 11 is 1.51. The van der Waals surface area contributed by atoms with Crippen molar-refractivity contribution in [2.24, 2.45) is 16.0 Å². The molecule has 0 amide bonds. The average Bonchev–Trinajstić information content (AvgIpc) is 3.58. The molecule has 7 nitrogen and oxygen atoms in total. The topological polar surface area (TPSA) is 74.4 Å². The van der Waals surface area contributed by atoms with Crippen LogP contribution in [-0.4, -0.2) is 38.1 Å². The molecule has 1 aliphatic rings. The van der Waals surface area contributed by atoms with E-state index in [2.05, 4.69) is 10.1 Å². The van der Waals surface area contributed by atoms with Crippen LogP contribution in [0.2, 0.25) is 0 Å². The first-order valence-corrected chi connectivity index (χ1v) is 10.7. The number of aromatic nitrogens is 1. The van der Waals surface area contributed by atoms with Crippen LogP contribution in [0.1, 0.15) is 18.4 Å². The summed E-state index contributed by atoms with van der Waals surface area (Å²) in [5.74, 6) is 1.52. The first-order valence-electron chi connectivity index (χ1n) is 9.85. The summed E-state index contributed by atoms with van der Waals surface area (Å²) in [5, 5.41) is 6.66. The summed E-state index contributed by atoms with van der Waals surface area (Å²) in [6.45, 7) is 0. The van der Waals surface area contributed by atoms with Crippen LogP contribution in [0, 0.1) is 5.92 Å². The number of benzene rings is 2. The normalized spacial score (nSPS) is 14.1. The van der Waals surface area contributed by atoms with Crippen molar-refractivity contribution in [3.8, 4) is 28.5 Å². The van der Waals surface area contributed by atoms with Crippen LogP contribution < -0.4 is 19.0 Å². The van der Waals surface area contributed by atoms with Gasteiger partial charge in [0.1, 0.15) is 5.75 Å². The first kappa shape index (κ1) is 20.9. The molecule has 0 aliphatic heterocycles. The number of hydrogen-bond acceptors (Lipinski definition) is 7. The van der Waals surface area contributed by atoms with E-state index in [1.165, 1.54) is 11.3 Å². The van der Waals surface area contributed by atoms with Crippen LogP contribution in [0.3, 0.4) is 0 Å². The van der Waals surface area contributed by atoms with E-state index in [0.29, 0.717) is 11.5 Å². The number of rotatable bonds is 7. The van der Waals surface area contributed by atoms with Crippen LogP contribution >= 0.6 is 11.3 Å². The maximum atomic E-state index is 12.0. The van der Waals surface area contributed by atoms with Gasteiger partial charge in [-0.25, -0.2) is 4.68 Å². The summed E-state index contributed by atoms with van der Waals surface area (Å²) in [4.78, 5) is 17.1. The van der Waals surface area contributed by atoms with E-state index in [4.69, 9.17) is 14.2 Å². The predicted octanol–water partition coefficient (Wildman–Crippen LogP) is 3.96. The molecule has 1 aromatic heterocycles. The molecule has 1 aliphatic carbocycles. The quantitative estimate of drug-likeness (QED) is 0.319. The molecular weight excluding hydrogens is 414 g/mol. The number of carbonyl (C=O) groups excluding carboxylic acids is 1. The predicted molar refractivity (Wildman–Crippen MR) is 120 cm³/mol. The third-order valence-electron chi connectivity index (χ3n) is 4.89. The Kier molecular flexibility index (Phi) is 6.18. The van der Waals surface area contributed by atoms with E-state index in [-0.39, 0.29) is 11.9 Å². The monoisotopic (exact) mass is 437 g/mol. The first-order chi connectivity index (χ1) is 15.1. The van der Waals surface area contributed by atoms with Gasteiger partial charge in [0.15, 0.2) is 11.5 Å². The highest BCUT2D eigenvalue weighted by atomic mass is 32.1. The lowest BCUT2D eigenvalue weighted by Gasteiger charge is -2.09. The van der Waals surface area contributed by atoms with Gasteiger partial charge >= 0.3 is 5.97 Å². The van der Waals surface area contributed by atoms with Crippen molar-refractivity contribution in [2.75, 3.05) is 21.3 Å². The molecule has 1 fully saturated rings. The Bertz CT molecular complexity index is 1170. The maximum Gasteiger partial charge on any atom is 0.314 e. The molecule has 1 saturated carbocycles. The largest absolute Gasteiger partial charge is 0.497 e. The van der Waals surface area contributed by atoms with Crippen molar-refractivity contribution in [2.45, 2.75) is 12.8 Å². The highest BCUT2D eigenvalue weighted by Gasteiger charge is 2.32. The minimum Gasteiger partial charge on any atom is -0.497 e. The van der Waals surface area contributed by atoms with Crippen LogP contribution in [-0.2, 0) is 4.79 Å². The van der Waals surface area contributed by atoms with Crippen molar-refractivity contribution in [3.05, 3.63) is 58.2 Å². The number of ether oxygens (including phenoxy) is 3. The van der Waals surface area contributed by atoms with Gasteiger partial charge in [-0.1, -0.05) is 0 Å². The molecule has 2 aromatic carbocycles. The Hall–Kier alpha value is -3.39. The Morgan fingerprint density at radius 2 is 1.87 bits per heavy atom. The summed E-state index contributed by atoms with van der Waals surface area (Å²) < 4.78 is 17.9.